The summed E-state index contributed by atoms with van der Waals surface area (Å²) in [5, 5.41) is -1.17. The molecule has 1 heterocycles. The van der Waals surface area contributed by atoms with E-state index in [4.69, 9.17) is 32.7 Å². The minimum atomic E-state index is -1.17. The first-order chi connectivity index (χ1) is 7.51. The molecule has 5 heteroatoms. The molecule has 0 saturated heterocycles. The van der Waals surface area contributed by atoms with E-state index in [1.165, 1.54) is 0 Å². The van der Waals surface area contributed by atoms with Gasteiger partial charge in [-0.2, -0.15) is 0 Å². The topological polar surface area (TPSA) is 35.5 Å². The molecule has 3 nitrogen and oxygen atoms in total. The van der Waals surface area contributed by atoms with Crippen molar-refractivity contribution in [3.63, 3.8) is 0 Å². The van der Waals surface area contributed by atoms with Gasteiger partial charge < -0.3 is 9.47 Å². The highest BCUT2D eigenvalue weighted by atomic mass is 35.5. The van der Waals surface area contributed by atoms with Crippen LogP contribution in [0.2, 0.25) is 0 Å². The van der Waals surface area contributed by atoms with E-state index in [0.29, 0.717) is 12.2 Å². The van der Waals surface area contributed by atoms with Crippen molar-refractivity contribution in [2.45, 2.75) is 24.0 Å². The highest BCUT2D eigenvalue weighted by molar-refractivity contribution is 6.43. The lowest BCUT2D eigenvalue weighted by atomic mass is 10.00. The Balaban J connectivity index is 2.17. The Morgan fingerprint density at radius 2 is 2.19 bits per heavy atom. The minimum absolute atomic E-state index is 0.461. The smallest absolute Gasteiger partial charge is 0.352 e. The number of hydrogen-bond acceptors (Lipinski definition) is 3. The van der Waals surface area contributed by atoms with Gasteiger partial charge in [-0.3, -0.25) is 0 Å². The maximum atomic E-state index is 11.7. The van der Waals surface area contributed by atoms with Gasteiger partial charge in [-0.05, 0) is 18.6 Å². The molecule has 1 aliphatic rings. The van der Waals surface area contributed by atoms with Gasteiger partial charge in [-0.15, -0.1) is 0 Å². The molecule has 0 spiro atoms. The van der Waals surface area contributed by atoms with Crippen LogP contribution in [-0.2, 0) is 16.0 Å². The second-order valence-electron chi connectivity index (χ2n) is 3.78. The molecule has 0 N–H and O–H groups in total. The molecule has 0 fully saturated rings. The van der Waals surface area contributed by atoms with E-state index < -0.39 is 16.6 Å². The molecule has 1 atom stereocenters. The van der Waals surface area contributed by atoms with E-state index in [-0.39, 0.29) is 0 Å². The molecule has 0 bridgehead atoms. The average molecular weight is 261 g/mol. The summed E-state index contributed by atoms with van der Waals surface area (Å²) >= 11 is 10.8. The molecule has 16 heavy (non-hydrogen) atoms. The predicted octanol–water partition coefficient (Wildman–Crippen LogP) is 2.68. The van der Waals surface area contributed by atoms with Crippen molar-refractivity contribution >= 4 is 29.2 Å². The quantitative estimate of drug-likeness (QED) is 0.606. The number of rotatable bonds is 2. The summed E-state index contributed by atoms with van der Waals surface area (Å²) in [4.78, 5) is 11.7. The van der Waals surface area contributed by atoms with E-state index in [2.05, 4.69) is 0 Å². The zero-order valence-electron chi connectivity index (χ0n) is 8.57. The number of carbonyl (C=O) groups is 1. The first-order valence-electron chi connectivity index (χ1n) is 4.77. The Labute approximate surface area is 103 Å². The largest absolute Gasteiger partial charge is 0.475 e. The molecule has 0 radical (unpaired) electrons. The van der Waals surface area contributed by atoms with Gasteiger partial charge in [0, 0.05) is 6.42 Å². The van der Waals surface area contributed by atoms with Crippen molar-refractivity contribution < 1.29 is 14.3 Å². The molecule has 1 aromatic rings. The molecule has 0 amide bonds. The highest BCUT2D eigenvalue weighted by Crippen LogP contribution is 2.35. The van der Waals surface area contributed by atoms with Crippen molar-refractivity contribution in [1.29, 1.82) is 0 Å². The molecule has 0 aliphatic carbocycles. The SMILES string of the molecule is CC1(C(=O)OC(Cl)Cl)Cc2ccccc2O1. The second kappa shape index (κ2) is 4.15. The number of hydrogen-bond donors (Lipinski definition) is 0. The van der Waals surface area contributed by atoms with Crippen molar-refractivity contribution in [2.75, 3.05) is 0 Å². The van der Waals surface area contributed by atoms with E-state index in [1.54, 1.807) is 6.92 Å². The molecule has 1 aliphatic heterocycles. The third-order valence-corrected chi connectivity index (χ3v) is 2.64. The summed E-state index contributed by atoms with van der Waals surface area (Å²) < 4.78 is 10.3. The van der Waals surface area contributed by atoms with Crippen LogP contribution in [0.1, 0.15) is 12.5 Å². The Morgan fingerprint density at radius 3 is 2.81 bits per heavy atom. The number of benzene rings is 1. The molecule has 2 rings (SSSR count). The molecular formula is C11H10Cl2O3. The maximum Gasteiger partial charge on any atom is 0.352 e. The van der Waals surface area contributed by atoms with E-state index >= 15 is 0 Å². The van der Waals surface area contributed by atoms with Gasteiger partial charge in [-0.1, -0.05) is 41.4 Å². The Morgan fingerprint density at radius 1 is 1.50 bits per heavy atom. The van der Waals surface area contributed by atoms with Crippen molar-refractivity contribution in [3.05, 3.63) is 29.8 Å². The summed E-state index contributed by atoms with van der Waals surface area (Å²) in [6.45, 7) is 1.66. The van der Waals surface area contributed by atoms with Crippen LogP contribution in [0.4, 0.5) is 0 Å². The third kappa shape index (κ3) is 2.11. The molecule has 86 valence electrons. The van der Waals surface area contributed by atoms with Gasteiger partial charge in [0.1, 0.15) is 5.75 Å². The number of para-hydroxylation sites is 1. The van der Waals surface area contributed by atoms with Gasteiger partial charge in [-0.25, -0.2) is 4.79 Å². The second-order valence-corrected chi connectivity index (χ2v) is 4.80. The van der Waals surface area contributed by atoms with Crippen molar-refractivity contribution in [2.24, 2.45) is 0 Å². The van der Waals surface area contributed by atoms with Gasteiger partial charge >= 0.3 is 5.97 Å². The van der Waals surface area contributed by atoms with Crippen LogP contribution in [0.15, 0.2) is 24.3 Å². The van der Waals surface area contributed by atoms with E-state index in [1.807, 2.05) is 24.3 Å². The van der Waals surface area contributed by atoms with Crippen LogP contribution in [0.25, 0.3) is 0 Å². The summed E-state index contributed by atoms with van der Waals surface area (Å²) in [6, 6.07) is 7.46. The van der Waals surface area contributed by atoms with Gasteiger partial charge in [0.05, 0.1) is 0 Å². The normalized spacial score (nSPS) is 22.8. The summed E-state index contributed by atoms with van der Waals surface area (Å²) in [6.07, 6.45) is 0.461. The number of fused-ring (bicyclic) bond motifs is 1. The van der Waals surface area contributed by atoms with E-state index in [9.17, 15) is 4.79 Å². The Bertz CT molecular complexity index is 392. The van der Waals surface area contributed by atoms with Crippen molar-refractivity contribution in [1.82, 2.24) is 0 Å². The fraction of sp³-hybridized carbons (Fsp3) is 0.364. The lowest BCUT2D eigenvalue weighted by Gasteiger charge is -2.21. The Kier molecular flexibility index (Phi) is 3.00. The van der Waals surface area contributed by atoms with Crippen LogP contribution in [0.3, 0.4) is 0 Å². The molecule has 0 saturated carbocycles. The van der Waals surface area contributed by atoms with Crippen LogP contribution >= 0.6 is 23.2 Å². The van der Waals surface area contributed by atoms with Gasteiger partial charge in [0.15, 0.2) is 0 Å². The number of ether oxygens (including phenoxy) is 2. The highest BCUT2D eigenvalue weighted by Gasteiger charge is 2.43. The number of esters is 1. The maximum absolute atomic E-state index is 11.7. The predicted molar refractivity (Wildman–Crippen MR) is 60.8 cm³/mol. The molecular weight excluding hydrogens is 251 g/mol. The van der Waals surface area contributed by atoms with Crippen molar-refractivity contribution in [3.8, 4) is 5.75 Å². The third-order valence-electron chi connectivity index (χ3n) is 2.46. The first-order valence-corrected chi connectivity index (χ1v) is 5.65. The van der Waals surface area contributed by atoms with E-state index in [0.717, 1.165) is 5.56 Å². The van der Waals surface area contributed by atoms with Crippen LogP contribution in [-0.4, -0.2) is 16.6 Å². The lowest BCUT2D eigenvalue weighted by Crippen LogP contribution is -2.42. The average Bonchev–Trinajstić information content (AvgIpc) is 2.54. The monoisotopic (exact) mass is 260 g/mol. The number of alkyl halides is 2. The minimum Gasteiger partial charge on any atom is -0.475 e. The van der Waals surface area contributed by atoms with Gasteiger partial charge in [0.25, 0.3) is 5.02 Å². The summed E-state index contributed by atoms with van der Waals surface area (Å²) in [5.41, 5.74) is -0.0613. The fourth-order valence-corrected chi connectivity index (χ4v) is 1.87. The van der Waals surface area contributed by atoms with Crippen LogP contribution < -0.4 is 4.74 Å². The van der Waals surface area contributed by atoms with Crippen LogP contribution in [0, 0.1) is 0 Å². The molecule has 1 aromatic carbocycles. The molecule has 0 aromatic heterocycles. The van der Waals surface area contributed by atoms with Crippen LogP contribution in [0.5, 0.6) is 5.75 Å². The van der Waals surface area contributed by atoms with Gasteiger partial charge in [0.2, 0.25) is 5.60 Å². The number of halogens is 2. The Hall–Kier alpha value is -0.930. The number of carbonyl (C=O) groups excluding carboxylic acids is 1. The summed E-state index contributed by atoms with van der Waals surface area (Å²) in [7, 11) is 0. The standard InChI is InChI=1S/C11H10Cl2O3/c1-11(9(14)15-10(12)13)6-7-4-2-3-5-8(7)16-11/h2-5,10H,6H2,1H3. The zero-order chi connectivity index (χ0) is 11.8. The zero-order valence-corrected chi connectivity index (χ0v) is 10.1. The first kappa shape index (κ1) is 11.6. The fourth-order valence-electron chi connectivity index (χ4n) is 1.71. The lowest BCUT2D eigenvalue weighted by molar-refractivity contribution is -0.158. The summed E-state index contributed by atoms with van der Waals surface area (Å²) in [5.74, 6) is 0.140. The molecule has 1 unspecified atom stereocenters.